The molecule has 0 saturated heterocycles. The minimum absolute atomic E-state index is 0.577. The van der Waals surface area contributed by atoms with Crippen LogP contribution in [0.4, 0.5) is 0 Å². The number of fused-ring (bicyclic) bond motifs is 1. The lowest BCUT2D eigenvalue weighted by molar-refractivity contribution is 0.951. The van der Waals surface area contributed by atoms with Crippen LogP contribution in [0, 0.1) is 6.92 Å². The Morgan fingerprint density at radius 2 is 1.57 bits per heavy atom. The number of benzene rings is 2. The molecule has 0 aliphatic rings. The summed E-state index contributed by atoms with van der Waals surface area (Å²) >= 11 is 5.94. The molecule has 0 atom stereocenters. The predicted molar refractivity (Wildman–Crippen MR) is 91.4 cm³/mol. The van der Waals surface area contributed by atoms with Crippen LogP contribution in [-0.2, 0) is 0 Å². The zero-order valence-electron chi connectivity index (χ0n) is 12.4. The quantitative estimate of drug-likeness (QED) is 0.549. The highest BCUT2D eigenvalue weighted by Crippen LogP contribution is 2.23. The number of aromatic nitrogens is 4. The van der Waals surface area contributed by atoms with Crippen LogP contribution in [0.5, 0.6) is 0 Å². The van der Waals surface area contributed by atoms with Gasteiger partial charge in [-0.3, -0.25) is 0 Å². The molecule has 0 unspecified atom stereocenters. The maximum atomic E-state index is 5.94. The van der Waals surface area contributed by atoms with Gasteiger partial charge in [0.15, 0.2) is 5.82 Å². The van der Waals surface area contributed by atoms with E-state index in [4.69, 9.17) is 11.6 Å². The summed E-state index contributed by atoms with van der Waals surface area (Å²) in [5, 5.41) is 5.30. The van der Waals surface area contributed by atoms with Crippen molar-refractivity contribution in [2.45, 2.75) is 6.92 Å². The Labute approximate surface area is 138 Å². The van der Waals surface area contributed by atoms with E-state index in [-0.39, 0.29) is 0 Å². The first-order valence-corrected chi connectivity index (χ1v) is 7.63. The van der Waals surface area contributed by atoms with Crippen molar-refractivity contribution in [1.29, 1.82) is 0 Å². The fraction of sp³-hybridized carbons (Fsp3) is 0.0556. The Hall–Kier alpha value is -2.72. The first kappa shape index (κ1) is 13.9. The molecule has 2 aromatic heterocycles. The average molecular weight is 321 g/mol. The second kappa shape index (κ2) is 5.48. The highest BCUT2D eigenvalue weighted by Gasteiger charge is 2.11. The molecule has 0 saturated carbocycles. The molecule has 0 N–H and O–H groups in total. The first-order chi connectivity index (χ1) is 11.2. The van der Waals surface area contributed by atoms with Crippen LogP contribution >= 0.6 is 11.6 Å². The monoisotopic (exact) mass is 320 g/mol. The molecule has 23 heavy (non-hydrogen) atoms. The topological polar surface area (TPSA) is 43.1 Å². The highest BCUT2D eigenvalue weighted by atomic mass is 35.5. The van der Waals surface area contributed by atoms with Crippen molar-refractivity contribution < 1.29 is 0 Å². The molecule has 0 aliphatic carbocycles. The second-order valence-corrected chi connectivity index (χ2v) is 5.79. The molecule has 0 fully saturated rings. The van der Waals surface area contributed by atoms with Crippen molar-refractivity contribution in [3.05, 3.63) is 71.4 Å². The molecule has 4 nitrogen and oxygen atoms in total. The number of aryl methyl sites for hydroxylation is 1. The lowest BCUT2D eigenvalue weighted by atomic mass is 10.1. The third-order valence-corrected chi connectivity index (χ3v) is 3.94. The molecule has 0 radical (unpaired) electrons. The van der Waals surface area contributed by atoms with E-state index in [2.05, 4.69) is 46.3 Å². The number of rotatable bonds is 2. The van der Waals surface area contributed by atoms with Gasteiger partial charge in [-0.25, -0.2) is 4.98 Å². The zero-order chi connectivity index (χ0) is 15.8. The van der Waals surface area contributed by atoms with Gasteiger partial charge >= 0.3 is 0 Å². The SMILES string of the molecule is Cc1ccc(-c2ccnc3nc(-c4ccc(Cl)cc4)nn23)cc1. The minimum atomic E-state index is 0.577. The van der Waals surface area contributed by atoms with Gasteiger partial charge in [-0.05, 0) is 37.3 Å². The van der Waals surface area contributed by atoms with Crippen LogP contribution in [0.25, 0.3) is 28.4 Å². The molecule has 0 amide bonds. The summed E-state index contributed by atoms with van der Waals surface area (Å²) in [6, 6.07) is 17.7. The molecule has 4 aromatic rings. The predicted octanol–water partition coefficient (Wildman–Crippen LogP) is 4.42. The second-order valence-electron chi connectivity index (χ2n) is 5.35. The van der Waals surface area contributed by atoms with E-state index in [0.29, 0.717) is 16.6 Å². The van der Waals surface area contributed by atoms with Crippen LogP contribution in [0.2, 0.25) is 5.02 Å². The number of nitrogens with zero attached hydrogens (tertiary/aromatic N) is 4. The van der Waals surface area contributed by atoms with Crippen molar-refractivity contribution in [3.8, 4) is 22.6 Å². The summed E-state index contributed by atoms with van der Waals surface area (Å²) in [4.78, 5) is 8.83. The molecule has 0 spiro atoms. The van der Waals surface area contributed by atoms with Gasteiger partial charge in [-0.1, -0.05) is 41.4 Å². The van der Waals surface area contributed by atoms with Gasteiger partial charge in [-0.15, -0.1) is 5.10 Å². The van der Waals surface area contributed by atoms with Gasteiger partial charge in [0, 0.05) is 22.3 Å². The number of hydrogen-bond acceptors (Lipinski definition) is 3. The minimum Gasteiger partial charge on any atom is -0.220 e. The number of halogens is 1. The third kappa shape index (κ3) is 2.58. The van der Waals surface area contributed by atoms with Gasteiger partial charge in [0.05, 0.1) is 5.69 Å². The fourth-order valence-electron chi connectivity index (χ4n) is 2.46. The first-order valence-electron chi connectivity index (χ1n) is 7.25. The van der Waals surface area contributed by atoms with Crippen LogP contribution in [0.15, 0.2) is 60.8 Å². The van der Waals surface area contributed by atoms with Crippen molar-refractivity contribution in [2.75, 3.05) is 0 Å². The summed E-state index contributed by atoms with van der Waals surface area (Å²) in [7, 11) is 0. The van der Waals surface area contributed by atoms with Crippen LogP contribution in [-0.4, -0.2) is 19.6 Å². The van der Waals surface area contributed by atoms with Crippen molar-refractivity contribution in [2.24, 2.45) is 0 Å². The highest BCUT2D eigenvalue weighted by molar-refractivity contribution is 6.30. The molecule has 2 heterocycles. The molecule has 0 aliphatic heterocycles. The van der Waals surface area contributed by atoms with E-state index in [1.54, 1.807) is 10.7 Å². The Morgan fingerprint density at radius 1 is 0.870 bits per heavy atom. The Morgan fingerprint density at radius 3 is 2.30 bits per heavy atom. The normalized spacial score (nSPS) is 11.0. The van der Waals surface area contributed by atoms with Gasteiger partial charge in [0.2, 0.25) is 0 Å². The van der Waals surface area contributed by atoms with Crippen LogP contribution in [0.3, 0.4) is 0 Å². The number of hydrogen-bond donors (Lipinski definition) is 0. The lowest BCUT2D eigenvalue weighted by Gasteiger charge is -2.03. The summed E-state index contributed by atoms with van der Waals surface area (Å²) in [6.07, 6.45) is 1.75. The van der Waals surface area contributed by atoms with E-state index in [1.807, 2.05) is 30.3 Å². The summed E-state index contributed by atoms with van der Waals surface area (Å²) in [6.45, 7) is 2.07. The van der Waals surface area contributed by atoms with Gasteiger partial charge in [-0.2, -0.15) is 9.50 Å². The van der Waals surface area contributed by atoms with Crippen molar-refractivity contribution >= 4 is 17.4 Å². The Kier molecular flexibility index (Phi) is 3.32. The molecule has 4 rings (SSSR count). The summed E-state index contributed by atoms with van der Waals surface area (Å²) in [5.41, 5.74) is 4.17. The Balaban J connectivity index is 1.87. The van der Waals surface area contributed by atoms with Crippen LogP contribution < -0.4 is 0 Å². The lowest BCUT2D eigenvalue weighted by Crippen LogP contribution is -1.95. The fourth-order valence-corrected chi connectivity index (χ4v) is 2.58. The maximum absolute atomic E-state index is 5.94. The van der Waals surface area contributed by atoms with Gasteiger partial charge < -0.3 is 0 Å². The molecule has 112 valence electrons. The maximum Gasteiger partial charge on any atom is 0.253 e. The van der Waals surface area contributed by atoms with Gasteiger partial charge in [0.25, 0.3) is 5.78 Å². The zero-order valence-corrected chi connectivity index (χ0v) is 13.2. The third-order valence-electron chi connectivity index (χ3n) is 3.69. The van der Waals surface area contributed by atoms with E-state index in [9.17, 15) is 0 Å². The van der Waals surface area contributed by atoms with Gasteiger partial charge in [0.1, 0.15) is 0 Å². The Bertz CT molecular complexity index is 972. The molecule has 0 bridgehead atoms. The molecular formula is C18H13ClN4. The van der Waals surface area contributed by atoms with Crippen molar-refractivity contribution in [3.63, 3.8) is 0 Å². The molecule has 5 heteroatoms. The van der Waals surface area contributed by atoms with E-state index in [0.717, 1.165) is 16.8 Å². The smallest absolute Gasteiger partial charge is 0.220 e. The van der Waals surface area contributed by atoms with E-state index in [1.165, 1.54) is 5.56 Å². The largest absolute Gasteiger partial charge is 0.253 e. The summed E-state index contributed by atoms with van der Waals surface area (Å²) < 4.78 is 1.77. The van der Waals surface area contributed by atoms with Crippen LogP contribution in [0.1, 0.15) is 5.56 Å². The molecule has 2 aromatic carbocycles. The van der Waals surface area contributed by atoms with E-state index < -0.39 is 0 Å². The van der Waals surface area contributed by atoms with E-state index >= 15 is 0 Å². The summed E-state index contributed by atoms with van der Waals surface area (Å²) in [5.74, 6) is 1.21. The average Bonchev–Trinajstić information content (AvgIpc) is 3.00. The standard InChI is InChI=1S/C18H13ClN4/c1-12-2-4-13(5-3-12)16-10-11-20-18-21-17(22-23(16)18)14-6-8-15(19)9-7-14/h2-11H,1H3. The van der Waals surface area contributed by atoms with Crippen molar-refractivity contribution in [1.82, 2.24) is 19.6 Å². The molecular weight excluding hydrogens is 308 g/mol.